The first kappa shape index (κ1) is 9.35. The summed E-state index contributed by atoms with van der Waals surface area (Å²) in [4.78, 5) is 12.7. The molecule has 5 nitrogen and oxygen atoms in total. The van der Waals surface area contributed by atoms with Crippen LogP contribution in [-0.2, 0) is 4.74 Å². The minimum atomic E-state index is -0.741. The summed E-state index contributed by atoms with van der Waals surface area (Å²) in [6.07, 6.45) is 1.26. The fourth-order valence-electron chi connectivity index (χ4n) is 0.359. The van der Waals surface area contributed by atoms with Gasteiger partial charge in [-0.25, -0.2) is 0 Å². The molecule has 0 bridgehead atoms. The van der Waals surface area contributed by atoms with Crippen molar-refractivity contribution in [1.29, 1.82) is 0 Å². The Bertz CT molecular complexity index is 220. The third kappa shape index (κ3) is 3.85. The molecule has 0 heterocycles. The van der Waals surface area contributed by atoms with Crippen LogP contribution in [-0.4, -0.2) is 18.2 Å². The molecule has 0 fully saturated rings. The van der Waals surface area contributed by atoms with Crippen LogP contribution >= 0.6 is 0 Å². The number of aliphatic imine (C=N–C) groups is 1. The topological polar surface area (TPSA) is 64.7 Å². The zero-order chi connectivity index (χ0) is 8.85. The van der Waals surface area contributed by atoms with Crippen LogP contribution in [0.15, 0.2) is 29.8 Å². The molecule has 0 atom stereocenters. The Hall–Kier alpha value is -1.65. The lowest BCUT2D eigenvalue weighted by molar-refractivity contribution is -0.458. The van der Waals surface area contributed by atoms with Crippen LogP contribution < -0.4 is 0 Å². The molecule has 0 N–H and O–H groups in total. The van der Waals surface area contributed by atoms with Crippen molar-refractivity contribution in [2.45, 2.75) is 0 Å². The molecule has 11 heavy (non-hydrogen) atoms. The molecule has 0 aromatic heterocycles. The smallest absolute Gasteiger partial charge is 0.401 e. The van der Waals surface area contributed by atoms with Crippen molar-refractivity contribution in [3.05, 3.63) is 34.9 Å². The van der Waals surface area contributed by atoms with E-state index in [9.17, 15) is 10.1 Å². The number of hydrogen-bond donors (Lipinski definition) is 0. The highest BCUT2D eigenvalue weighted by atomic mass is 16.7. The van der Waals surface area contributed by atoms with Gasteiger partial charge >= 0.3 is 5.88 Å². The first-order valence-electron chi connectivity index (χ1n) is 2.70. The highest BCUT2D eigenvalue weighted by Gasteiger charge is 2.07. The second kappa shape index (κ2) is 4.21. The molecule has 0 radical (unpaired) electrons. The maximum absolute atomic E-state index is 9.93. The van der Waals surface area contributed by atoms with Gasteiger partial charge in [-0.15, -0.1) is 0 Å². The van der Waals surface area contributed by atoms with E-state index in [1.807, 2.05) is 0 Å². The Kier molecular flexibility index (Phi) is 3.58. The Balaban J connectivity index is 3.96. The number of allylic oxidation sites excluding steroid dienone is 1. The summed E-state index contributed by atoms with van der Waals surface area (Å²) in [6, 6.07) is 0. The van der Waals surface area contributed by atoms with E-state index < -0.39 is 10.8 Å². The Morgan fingerprint density at radius 2 is 2.27 bits per heavy atom. The molecule has 0 aliphatic heterocycles. The molecule has 0 aromatic rings. The molecule has 0 aliphatic carbocycles. The summed E-state index contributed by atoms with van der Waals surface area (Å²) in [6.45, 7) is 6.36. The molecule has 0 unspecified atom stereocenters. The summed E-state index contributed by atoms with van der Waals surface area (Å²) < 4.78 is 4.51. The van der Waals surface area contributed by atoms with Crippen LogP contribution in [0.1, 0.15) is 0 Å². The second-order valence-electron chi connectivity index (χ2n) is 1.61. The molecule has 0 saturated heterocycles. The quantitative estimate of drug-likeness (QED) is 0.263. The molecular formula is C6H8N2O3. The maximum atomic E-state index is 9.93. The number of ether oxygens (including phenoxy) is 1. The van der Waals surface area contributed by atoms with Gasteiger partial charge in [0.1, 0.15) is 10.7 Å². The summed E-state index contributed by atoms with van der Waals surface area (Å²) >= 11 is 0. The van der Waals surface area contributed by atoms with E-state index >= 15 is 0 Å². The average Bonchev–Trinajstić information content (AvgIpc) is 1.87. The Morgan fingerprint density at radius 3 is 2.64 bits per heavy atom. The van der Waals surface area contributed by atoms with E-state index in [1.54, 1.807) is 0 Å². The summed E-state index contributed by atoms with van der Waals surface area (Å²) in [7, 11) is 1.50. The van der Waals surface area contributed by atoms with Crippen LogP contribution in [0, 0.1) is 10.1 Å². The first-order chi connectivity index (χ1) is 5.07. The van der Waals surface area contributed by atoms with Gasteiger partial charge < -0.3 is 4.74 Å². The maximum Gasteiger partial charge on any atom is 0.426 e. The van der Waals surface area contributed by atoms with Crippen LogP contribution in [0.5, 0.6) is 0 Å². The predicted molar refractivity (Wildman–Crippen MR) is 40.8 cm³/mol. The van der Waals surface area contributed by atoms with Gasteiger partial charge in [0, 0.05) is 13.6 Å². The van der Waals surface area contributed by atoms with Gasteiger partial charge in [-0.1, -0.05) is 6.58 Å². The minimum absolute atomic E-state index is 0.0919. The van der Waals surface area contributed by atoms with Crippen LogP contribution in [0.25, 0.3) is 0 Å². The second-order valence-corrected chi connectivity index (χ2v) is 1.61. The van der Waals surface area contributed by atoms with Crippen molar-refractivity contribution < 1.29 is 9.66 Å². The van der Waals surface area contributed by atoms with Gasteiger partial charge in [-0.05, 0) is 0 Å². The zero-order valence-electron chi connectivity index (χ0n) is 6.11. The zero-order valence-corrected chi connectivity index (χ0v) is 6.11. The summed E-state index contributed by atoms with van der Waals surface area (Å²) in [5, 5.41) is 9.93. The van der Waals surface area contributed by atoms with Gasteiger partial charge in [0.25, 0.3) is 0 Å². The highest BCUT2D eigenvalue weighted by molar-refractivity contribution is 5.74. The molecule has 0 spiro atoms. The molecule has 0 aromatic carbocycles. The number of hydrogen-bond acceptors (Lipinski definition) is 4. The molecular weight excluding hydrogens is 148 g/mol. The minimum Gasteiger partial charge on any atom is -0.401 e. The molecule has 60 valence electrons. The molecule has 5 heteroatoms. The average molecular weight is 156 g/mol. The Morgan fingerprint density at radius 1 is 1.73 bits per heavy atom. The van der Waals surface area contributed by atoms with E-state index in [-0.39, 0.29) is 5.76 Å². The third-order valence-corrected chi connectivity index (χ3v) is 0.726. The van der Waals surface area contributed by atoms with Crippen LogP contribution in [0.3, 0.4) is 0 Å². The molecule has 0 amide bonds. The van der Waals surface area contributed by atoms with E-state index in [2.05, 4.69) is 22.9 Å². The lowest BCUT2D eigenvalue weighted by Crippen LogP contribution is -2.01. The molecule has 0 rings (SSSR count). The number of nitro groups is 1. The van der Waals surface area contributed by atoms with E-state index in [1.165, 1.54) is 13.3 Å². The SMILES string of the molecule is C=C(C=NC)OC(=C)[N+](=O)[O-]. The lowest BCUT2D eigenvalue weighted by Gasteiger charge is -1.97. The van der Waals surface area contributed by atoms with Gasteiger partial charge in [0.2, 0.25) is 0 Å². The third-order valence-electron chi connectivity index (χ3n) is 0.726. The van der Waals surface area contributed by atoms with Crippen LogP contribution in [0.2, 0.25) is 0 Å². The fourth-order valence-corrected chi connectivity index (χ4v) is 0.359. The highest BCUT2D eigenvalue weighted by Crippen LogP contribution is 1.99. The first-order valence-corrected chi connectivity index (χ1v) is 2.70. The van der Waals surface area contributed by atoms with E-state index in [0.717, 1.165) is 0 Å². The van der Waals surface area contributed by atoms with Gasteiger partial charge in [-0.3, -0.25) is 15.1 Å². The van der Waals surface area contributed by atoms with Crippen molar-refractivity contribution >= 4 is 6.21 Å². The molecule has 0 saturated carbocycles. The molecule has 0 aliphatic rings. The summed E-state index contributed by atoms with van der Waals surface area (Å²) in [5.74, 6) is -0.468. The van der Waals surface area contributed by atoms with E-state index in [4.69, 9.17) is 0 Å². The van der Waals surface area contributed by atoms with Gasteiger partial charge in [0.05, 0.1) is 6.21 Å². The summed E-state index contributed by atoms with van der Waals surface area (Å²) in [5.41, 5.74) is 0. The van der Waals surface area contributed by atoms with E-state index in [0.29, 0.717) is 0 Å². The monoisotopic (exact) mass is 156 g/mol. The van der Waals surface area contributed by atoms with Crippen LogP contribution in [0.4, 0.5) is 0 Å². The Labute approximate surface area is 63.8 Å². The standard InChI is InChI=1S/C6H8N2O3/c1-5(4-7-3)11-6(2)8(9)10/h4H,1-2H2,3H3. The van der Waals surface area contributed by atoms with Crippen molar-refractivity contribution in [3.8, 4) is 0 Å². The fraction of sp³-hybridized carbons (Fsp3) is 0.167. The number of rotatable bonds is 4. The number of nitrogens with zero attached hydrogens (tertiary/aromatic N) is 2. The largest absolute Gasteiger partial charge is 0.426 e. The van der Waals surface area contributed by atoms with Crippen molar-refractivity contribution in [2.24, 2.45) is 4.99 Å². The van der Waals surface area contributed by atoms with Crippen molar-refractivity contribution in [1.82, 2.24) is 0 Å². The van der Waals surface area contributed by atoms with Gasteiger partial charge in [-0.2, -0.15) is 0 Å². The van der Waals surface area contributed by atoms with Gasteiger partial charge in [0.15, 0.2) is 0 Å². The predicted octanol–water partition coefficient (Wildman–Crippen LogP) is 0.965. The lowest BCUT2D eigenvalue weighted by atomic mass is 10.6. The van der Waals surface area contributed by atoms with Crippen molar-refractivity contribution in [2.75, 3.05) is 7.05 Å². The normalized spacial score (nSPS) is 9.55. The van der Waals surface area contributed by atoms with Crippen molar-refractivity contribution in [3.63, 3.8) is 0 Å².